The Kier molecular flexibility index (Phi) is 5.83. The molecule has 20 heavy (non-hydrogen) atoms. The third kappa shape index (κ3) is 3.72. The quantitative estimate of drug-likeness (QED) is 0.832. The van der Waals surface area contributed by atoms with Crippen LogP contribution in [0.2, 0.25) is 0 Å². The van der Waals surface area contributed by atoms with Crippen LogP contribution < -0.4 is 10.2 Å². The summed E-state index contributed by atoms with van der Waals surface area (Å²) in [6.07, 6.45) is 6.00. The van der Waals surface area contributed by atoms with Crippen LogP contribution in [0.3, 0.4) is 0 Å². The van der Waals surface area contributed by atoms with E-state index >= 15 is 0 Å². The van der Waals surface area contributed by atoms with Crippen LogP contribution in [0, 0.1) is 0 Å². The molecule has 1 aromatic heterocycles. The monoisotopic (exact) mass is 280 g/mol. The van der Waals surface area contributed by atoms with Crippen LogP contribution in [0.5, 0.6) is 0 Å². The Morgan fingerprint density at radius 3 is 2.65 bits per heavy atom. The third-order valence-corrected chi connectivity index (χ3v) is 4.16. The van der Waals surface area contributed by atoms with Gasteiger partial charge in [-0.05, 0) is 43.8 Å². The Balaban J connectivity index is 1.98. The van der Waals surface area contributed by atoms with Gasteiger partial charge in [-0.1, -0.05) is 20.8 Å². The first-order valence-corrected chi connectivity index (χ1v) is 8.08. The standard InChI is InChI=1S/C15H28N4O/c1-4-9-16-13(5-2)12(3)14-17-15(18-20-14)19-10-7-6-8-11-19/h12-13,16H,4-11H2,1-3H3. The minimum atomic E-state index is 0.262. The van der Waals surface area contributed by atoms with Gasteiger partial charge >= 0.3 is 0 Å². The number of hydrogen-bond acceptors (Lipinski definition) is 5. The van der Waals surface area contributed by atoms with Gasteiger partial charge in [-0.25, -0.2) is 0 Å². The van der Waals surface area contributed by atoms with E-state index in [9.17, 15) is 0 Å². The van der Waals surface area contributed by atoms with Crippen molar-refractivity contribution in [3.05, 3.63) is 5.89 Å². The maximum atomic E-state index is 5.50. The van der Waals surface area contributed by atoms with Crippen LogP contribution in [0.1, 0.15) is 64.7 Å². The van der Waals surface area contributed by atoms with Gasteiger partial charge in [0.1, 0.15) is 0 Å². The lowest BCUT2D eigenvalue weighted by atomic mass is 9.99. The SMILES string of the molecule is CCCNC(CC)C(C)c1nc(N2CCCCC2)no1. The Hall–Kier alpha value is -1.10. The zero-order chi connectivity index (χ0) is 14.4. The lowest BCUT2D eigenvalue weighted by Crippen LogP contribution is -2.34. The largest absolute Gasteiger partial charge is 0.338 e. The molecule has 0 aliphatic carbocycles. The lowest BCUT2D eigenvalue weighted by molar-refractivity contribution is 0.319. The van der Waals surface area contributed by atoms with E-state index in [1.807, 2.05) is 0 Å². The number of hydrogen-bond donors (Lipinski definition) is 1. The molecule has 0 bridgehead atoms. The first kappa shape index (κ1) is 15.3. The van der Waals surface area contributed by atoms with Gasteiger partial charge < -0.3 is 14.7 Å². The number of nitrogens with zero attached hydrogens (tertiary/aromatic N) is 3. The molecule has 5 heteroatoms. The fraction of sp³-hybridized carbons (Fsp3) is 0.867. The first-order chi connectivity index (χ1) is 9.76. The molecule has 1 saturated heterocycles. The summed E-state index contributed by atoms with van der Waals surface area (Å²) in [5.41, 5.74) is 0. The van der Waals surface area contributed by atoms with Gasteiger partial charge in [0.05, 0.1) is 5.92 Å². The normalized spacial score (nSPS) is 19.1. The molecular weight excluding hydrogens is 252 g/mol. The lowest BCUT2D eigenvalue weighted by Gasteiger charge is -2.24. The average molecular weight is 280 g/mol. The third-order valence-electron chi connectivity index (χ3n) is 4.16. The Bertz CT molecular complexity index is 387. The fourth-order valence-corrected chi connectivity index (χ4v) is 2.81. The van der Waals surface area contributed by atoms with Gasteiger partial charge in [0.2, 0.25) is 5.89 Å². The molecule has 1 N–H and O–H groups in total. The topological polar surface area (TPSA) is 54.2 Å². The first-order valence-electron chi connectivity index (χ1n) is 8.08. The highest BCUT2D eigenvalue weighted by Gasteiger charge is 2.24. The van der Waals surface area contributed by atoms with Gasteiger partial charge in [-0.2, -0.15) is 4.98 Å². The summed E-state index contributed by atoms with van der Waals surface area (Å²) in [5, 5.41) is 7.73. The van der Waals surface area contributed by atoms with Crippen molar-refractivity contribution in [2.24, 2.45) is 0 Å². The molecule has 0 amide bonds. The number of anilines is 1. The van der Waals surface area contributed by atoms with Crippen LogP contribution in [-0.4, -0.2) is 35.8 Å². The van der Waals surface area contributed by atoms with Crippen LogP contribution in [0.4, 0.5) is 5.95 Å². The molecule has 1 aromatic rings. The van der Waals surface area contributed by atoms with Crippen LogP contribution in [0.25, 0.3) is 0 Å². The van der Waals surface area contributed by atoms with E-state index in [1.54, 1.807) is 0 Å². The minimum absolute atomic E-state index is 0.262. The Morgan fingerprint density at radius 2 is 2.00 bits per heavy atom. The highest BCUT2D eigenvalue weighted by molar-refractivity contribution is 5.28. The zero-order valence-electron chi connectivity index (χ0n) is 13.1. The molecule has 0 radical (unpaired) electrons. The van der Waals surface area contributed by atoms with Crippen LogP contribution in [0.15, 0.2) is 4.52 Å². The highest BCUT2D eigenvalue weighted by atomic mass is 16.5. The predicted molar refractivity (Wildman–Crippen MR) is 81.1 cm³/mol. The number of rotatable bonds is 7. The van der Waals surface area contributed by atoms with Gasteiger partial charge in [0.15, 0.2) is 0 Å². The van der Waals surface area contributed by atoms with E-state index in [0.717, 1.165) is 44.3 Å². The highest BCUT2D eigenvalue weighted by Crippen LogP contribution is 2.23. The second kappa shape index (κ2) is 7.62. The molecule has 1 fully saturated rings. The molecule has 0 saturated carbocycles. The van der Waals surface area contributed by atoms with Crippen molar-refractivity contribution < 1.29 is 4.52 Å². The van der Waals surface area contributed by atoms with Crippen LogP contribution >= 0.6 is 0 Å². The summed E-state index contributed by atoms with van der Waals surface area (Å²) in [6.45, 7) is 9.70. The van der Waals surface area contributed by atoms with E-state index in [4.69, 9.17) is 4.52 Å². The van der Waals surface area contributed by atoms with Crippen molar-refractivity contribution in [2.75, 3.05) is 24.5 Å². The van der Waals surface area contributed by atoms with Crippen molar-refractivity contribution in [3.63, 3.8) is 0 Å². The molecular formula is C15H28N4O. The van der Waals surface area contributed by atoms with E-state index in [0.29, 0.717) is 6.04 Å². The Morgan fingerprint density at radius 1 is 1.25 bits per heavy atom. The molecule has 0 spiro atoms. The molecule has 1 aliphatic rings. The minimum Gasteiger partial charge on any atom is -0.338 e. The van der Waals surface area contributed by atoms with Gasteiger partial charge in [-0.15, -0.1) is 0 Å². The molecule has 2 rings (SSSR count). The van der Waals surface area contributed by atoms with Crippen molar-refractivity contribution in [3.8, 4) is 0 Å². The second-order valence-electron chi connectivity index (χ2n) is 5.74. The van der Waals surface area contributed by atoms with E-state index in [1.165, 1.54) is 19.3 Å². The molecule has 2 unspecified atom stereocenters. The van der Waals surface area contributed by atoms with Crippen molar-refractivity contribution in [1.29, 1.82) is 0 Å². The van der Waals surface area contributed by atoms with Gasteiger partial charge in [0, 0.05) is 19.1 Å². The molecule has 2 atom stereocenters. The summed E-state index contributed by atoms with van der Waals surface area (Å²) >= 11 is 0. The summed E-state index contributed by atoms with van der Waals surface area (Å²) < 4.78 is 5.50. The fourth-order valence-electron chi connectivity index (χ4n) is 2.81. The maximum absolute atomic E-state index is 5.50. The predicted octanol–water partition coefficient (Wildman–Crippen LogP) is 2.94. The summed E-state index contributed by atoms with van der Waals surface area (Å²) in [7, 11) is 0. The molecule has 114 valence electrons. The van der Waals surface area contributed by atoms with Crippen molar-refractivity contribution >= 4 is 5.95 Å². The van der Waals surface area contributed by atoms with Crippen molar-refractivity contribution in [2.45, 2.75) is 64.8 Å². The van der Waals surface area contributed by atoms with Gasteiger partial charge in [0.25, 0.3) is 5.95 Å². The second-order valence-corrected chi connectivity index (χ2v) is 5.74. The van der Waals surface area contributed by atoms with Gasteiger partial charge in [-0.3, -0.25) is 0 Å². The molecule has 2 heterocycles. The van der Waals surface area contributed by atoms with E-state index < -0.39 is 0 Å². The smallest absolute Gasteiger partial charge is 0.266 e. The molecule has 0 aromatic carbocycles. The number of nitrogens with one attached hydrogen (secondary N) is 1. The van der Waals surface area contributed by atoms with Crippen molar-refractivity contribution in [1.82, 2.24) is 15.5 Å². The molecule has 5 nitrogen and oxygen atoms in total. The van der Waals surface area contributed by atoms with E-state index in [-0.39, 0.29) is 5.92 Å². The average Bonchev–Trinajstić information content (AvgIpc) is 2.98. The maximum Gasteiger partial charge on any atom is 0.266 e. The summed E-state index contributed by atoms with van der Waals surface area (Å²) in [4.78, 5) is 6.86. The Labute approximate surface area is 122 Å². The number of aromatic nitrogens is 2. The van der Waals surface area contributed by atoms with Crippen LogP contribution in [-0.2, 0) is 0 Å². The van der Waals surface area contributed by atoms with E-state index in [2.05, 4.69) is 41.1 Å². The molecule has 1 aliphatic heterocycles. The number of piperidine rings is 1. The summed E-state index contributed by atoms with van der Waals surface area (Å²) in [5.74, 6) is 1.80. The summed E-state index contributed by atoms with van der Waals surface area (Å²) in [6, 6.07) is 0.407. The zero-order valence-corrected chi connectivity index (χ0v) is 13.1.